The molecule has 146 valence electrons. The van der Waals surface area contributed by atoms with Crippen LogP contribution in [0.5, 0.6) is 0 Å². The number of aromatic amines is 1. The summed E-state index contributed by atoms with van der Waals surface area (Å²) >= 11 is 0. The Morgan fingerprint density at radius 1 is 1.22 bits per heavy atom. The maximum atomic E-state index is 12.7. The number of H-pyrrole nitrogens is 1. The smallest absolute Gasteiger partial charge is 0.337 e. The van der Waals surface area contributed by atoms with Crippen molar-refractivity contribution in [2.24, 2.45) is 5.92 Å². The fraction of sp³-hybridized carbons (Fsp3) is 0.611. The standard InChI is InChI=1S/C18H22F3N5O/c19-18(20,21)15-10-14(23-24-15)17(27)25-7-4-13(5-8-25)16-22-6-9-26(16)11-12-2-1-3-12/h6,9-10,12-13H,1-5,7-8,11H2,(H,23,24). The van der Waals surface area contributed by atoms with Crippen LogP contribution in [0.4, 0.5) is 13.2 Å². The Kier molecular flexibility index (Phi) is 4.69. The number of piperidine rings is 1. The number of imidazole rings is 1. The number of carbonyl (C=O) groups is 1. The Labute approximate surface area is 154 Å². The molecule has 0 radical (unpaired) electrons. The number of nitrogens with zero attached hydrogens (tertiary/aromatic N) is 4. The number of halogens is 3. The molecular weight excluding hydrogens is 359 g/mol. The summed E-state index contributed by atoms with van der Waals surface area (Å²) in [7, 11) is 0. The summed E-state index contributed by atoms with van der Waals surface area (Å²) in [6, 6.07) is 0.778. The summed E-state index contributed by atoms with van der Waals surface area (Å²) in [4.78, 5) is 18.5. The van der Waals surface area contributed by atoms with Gasteiger partial charge in [-0.1, -0.05) is 6.42 Å². The van der Waals surface area contributed by atoms with E-state index in [0.717, 1.165) is 37.2 Å². The number of hydrogen-bond donors (Lipinski definition) is 1. The van der Waals surface area contributed by atoms with Gasteiger partial charge in [-0.25, -0.2) is 4.98 Å². The lowest BCUT2D eigenvalue weighted by atomic mass is 9.85. The highest BCUT2D eigenvalue weighted by Gasteiger charge is 2.35. The van der Waals surface area contributed by atoms with Crippen molar-refractivity contribution < 1.29 is 18.0 Å². The van der Waals surface area contributed by atoms with Gasteiger partial charge >= 0.3 is 6.18 Å². The Bertz CT molecular complexity index is 800. The zero-order valence-electron chi connectivity index (χ0n) is 14.9. The molecule has 0 bridgehead atoms. The molecule has 4 rings (SSSR count). The quantitative estimate of drug-likeness (QED) is 0.882. The Morgan fingerprint density at radius 2 is 1.96 bits per heavy atom. The van der Waals surface area contributed by atoms with Crippen molar-refractivity contribution in [1.29, 1.82) is 0 Å². The molecule has 0 atom stereocenters. The number of carbonyl (C=O) groups excluding carboxylic acids is 1. The number of nitrogens with one attached hydrogen (secondary N) is 1. The van der Waals surface area contributed by atoms with Crippen LogP contribution < -0.4 is 0 Å². The van der Waals surface area contributed by atoms with Crippen LogP contribution in [0.3, 0.4) is 0 Å². The van der Waals surface area contributed by atoms with Gasteiger partial charge in [0.05, 0.1) is 0 Å². The summed E-state index contributed by atoms with van der Waals surface area (Å²) in [5.74, 6) is 1.61. The molecule has 1 saturated carbocycles. The van der Waals surface area contributed by atoms with Crippen molar-refractivity contribution in [2.75, 3.05) is 13.1 Å². The molecule has 2 aromatic heterocycles. The molecule has 1 aliphatic carbocycles. The summed E-state index contributed by atoms with van der Waals surface area (Å²) in [6.45, 7) is 1.99. The zero-order valence-corrected chi connectivity index (χ0v) is 14.9. The summed E-state index contributed by atoms with van der Waals surface area (Å²) < 4.78 is 40.2. The van der Waals surface area contributed by atoms with Gasteiger partial charge in [-0.3, -0.25) is 9.89 Å². The molecule has 0 aromatic carbocycles. The SMILES string of the molecule is O=C(c1cc(C(F)(F)F)[nH]n1)N1CCC(c2nccn2CC2CCC2)CC1. The van der Waals surface area contributed by atoms with Gasteiger partial charge in [0.15, 0.2) is 5.69 Å². The molecule has 1 saturated heterocycles. The monoisotopic (exact) mass is 381 g/mol. The molecule has 2 aromatic rings. The van der Waals surface area contributed by atoms with Crippen molar-refractivity contribution in [3.8, 4) is 0 Å². The van der Waals surface area contributed by atoms with Gasteiger partial charge in [0.1, 0.15) is 11.5 Å². The molecule has 1 aliphatic heterocycles. The third kappa shape index (κ3) is 3.72. The molecule has 2 fully saturated rings. The van der Waals surface area contributed by atoms with Gasteiger partial charge in [0.2, 0.25) is 0 Å². The van der Waals surface area contributed by atoms with Crippen LogP contribution in [0.15, 0.2) is 18.5 Å². The highest BCUT2D eigenvalue weighted by Crippen LogP contribution is 2.32. The maximum Gasteiger partial charge on any atom is 0.432 e. The fourth-order valence-electron chi connectivity index (χ4n) is 3.87. The molecule has 2 aliphatic rings. The second-order valence-corrected chi connectivity index (χ2v) is 7.47. The first-order valence-electron chi connectivity index (χ1n) is 9.34. The number of aromatic nitrogens is 4. The summed E-state index contributed by atoms with van der Waals surface area (Å²) in [5.41, 5.74) is -1.19. The number of alkyl halides is 3. The lowest BCUT2D eigenvalue weighted by Gasteiger charge is -2.32. The third-order valence-corrected chi connectivity index (χ3v) is 5.68. The Hall–Kier alpha value is -2.32. The summed E-state index contributed by atoms with van der Waals surface area (Å²) in [5, 5.41) is 5.43. The zero-order chi connectivity index (χ0) is 19.0. The van der Waals surface area contributed by atoms with Crippen LogP contribution in [0.1, 0.15) is 60.0 Å². The van der Waals surface area contributed by atoms with E-state index in [0.29, 0.717) is 13.1 Å². The predicted molar refractivity (Wildman–Crippen MR) is 91.0 cm³/mol. The van der Waals surface area contributed by atoms with Gasteiger partial charge in [0, 0.05) is 44.0 Å². The van der Waals surface area contributed by atoms with Crippen LogP contribution in [0.25, 0.3) is 0 Å². The molecule has 6 nitrogen and oxygen atoms in total. The van der Waals surface area contributed by atoms with Crippen LogP contribution in [0, 0.1) is 5.92 Å². The molecule has 1 N–H and O–H groups in total. The first kappa shape index (κ1) is 18.1. The summed E-state index contributed by atoms with van der Waals surface area (Å²) in [6.07, 6.45) is 4.67. The fourth-order valence-corrected chi connectivity index (χ4v) is 3.87. The topological polar surface area (TPSA) is 66.8 Å². The van der Waals surface area contributed by atoms with E-state index in [4.69, 9.17) is 0 Å². The van der Waals surface area contributed by atoms with E-state index in [1.807, 2.05) is 17.5 Å². The number of amides is 1. The highest BCUT2D eigenvalue weighted by atomic mass is 19.4. The van der Waals surface area contributed by atoms with Crippen molar-refractivity contribution >= 4 is 5.91 Å². The molecular formula is C18H22F3N5O. The first-order valence-corrected chi connectivity index (χ1v) is 9.34. The van der Waals surface area contributed by atoms with Gasteiger partial charge < -0.3 is 9.47 Å². The van der Waals surface area contributed by atoms with E-state index in [1.165, 1.54) is 19.3 Å². The number of hydrogen-bond acceptors (Lipinski definition) is 3. The molecule has 9 heteroatoms. The van der Waals surface area contributed by atoms with E-state index in [2.05, 4.69) is 14.6 Å². The van der Waals surface area contributed by atoms with E-state index in [1.54, 1.807) is 4.90 Å². The van der Waals surface area contributed by atoms with E-state index >= 15 is 0 Å². The molecule has 0 unspecified atom stereocenters. The average Bonchev–Trinajstić information content (AvgIpc) is 3.27. The average molecular weight is 381 g/mol. The highest BCUT2D eigenvalue weighted by molar-refractivity contribution is 5.92. The van der Waals surface area contributed by atoms with Gasteiger partial charge in [0.25, 0.3) is 5.91 Å². The normalized spacial score (nSPS) is 19.3. The number of rotatable bonds is 4. The molecule has 0 spiro atoms. The second kappa shape index (κ2) is 7.01. The number of likely N-dealkylation sites (tertiary alicyclic amines) is 1. The minimum Gasteiger partial charge on any atom is -0.337 e. The van der Waals surface area contributed by atoms with Crippen molar-refractivity contribution in [1.82, 2.24) is 24.6 Å². The van der Waals surface area contributed by atoms with Crippen molar-refractivity contribution in [2.45, 2.75) is 50.7 Å². The first-order chi connectivity index (χ1) is 12.9. The van der Waals surface area contributed by atoms with Crippen LogP contribution >= 0.6 is 0 Å². The Morgan fingerprint density at radius 3 is 2.56 bits per heavy atom. The molecule has 27 heavy (non-hydrogen) atoms. The van der Waals surface area contributed by atoms with E-state index in [9.17, 15) is 18.0 Å². The minimum absolute atomic E-state index is 0.188. The van der Waals surface area contributed by atoms with Crippen molar-refractivity contribution in [3.05, 3.63) is 35.7 Å². The lowest BCUT2D eigenvalue weighted by Crippen LogP contribution is -2.38. The Balaban J connectivity index is 1.37. The molecule has 1 amide bonds. The van der Waals surface area contributed by atoms with Gasteiger partial charge in [-0.05, 0) is 31.6 Å². The van der Waals surface area contributed by atoms with Gasteiger partial charge in [-0.15, -0.1) is 0 Å². The van der Waals surface area contributed by atoms with Crippen LogP contribution in [0.2, 0.25) is 0 Å². The van der Waals surface area contributed by atoms with E-state index in [-0.39, 0.29) is 11.6 Å². The van der Waals surface area contributed by atoms with E-state index < -0.39 is 17.8 Å². The van der Waals surface area contributed by atoms with Crippen molar-refractivity contribution in [3.63, 3.8) is 0 Å². The third-order valence-electron chi connectivity index (χ3n) is 5.68. The van der Waals surface area contributed by atoms with Crippen LogP contribution in [-0.4, -0.2) is 43.6 Å². The van der Waals surface area contributed by atoms with Gasteiger partial charge in [-0.2, -0.15) is 18.3 Å². The van der Waals surface area contributed by atoms with Crippen LogP contribution in [-0.2, 0) is 12.7 Å². The molecule has 3 heterocycles. The second-order valence-electron chi connectivity index (χ2n) is 7.47. The lowest BCUT2D eigenvalue weighted by molar-refractivity contribution is -0.141. The largest absolute Gasteiger partial charge is 0.432 e. The maximum absolute atomic E-state index is 12.7. The minimum atomic E-state index is -4.53. The predicted octanol–water partition coefficient (Wildman–Crippen LogP) is 3.44.